The number of nitrogens with two attached hydrogens (primary N) is 1. The van der Waals surface area contributed by atoms with Crippen LogP contribution in [0.15, 0.2) is 36.4 Å². The van der Waals surface area contributed by atoms with E-state index < -0.39 is 12.0 Å². The number of carboxylic acid groups (broad SMARTS) is 1. The lowest BCUT2D eigenvalue weighted by molar-refractivity contribution is -0.138. The van der Waals surface area contributed by atoms with Gasteiger partial charge in [-0.05, 0) is 28.5 Å². The van der Waals surface area contributed by atoms with Gasteiger partial charge in [-0.1, -0.05) is 35.9 Å². The molecule has 0 fully saturated rings. The molecule has 0 saturated heterocycles. The van der Waals surface area contributed by atoms with Crippen molar-refractivity contribution in [3.05, 3.63) is 47.0 Å². The fraction of sp³-hybridized carbons (Fsp3) is 0.0833. The molecule has 0 aromatic heterocycles. The number of hydrogen-bond acceptors (Lipinski definition) is 2. The number of carboxylic acids is 1. The highest BCUT2D eigenvalue weighted by Gasteiger charge is 2.16. The second-order valence-electron chi connectivity index (χ2n) is 3.53. The zero-order valence-corrected chi connectivity index (χ0v) is 9.11. The molecule has 2 rings (SSSR count). The number of aliphatic carboxylic acids is 1. The predicted molar refractivity (Wildman–Crippen MR) is 63.5 cm³/mol. The SMILES string of the molecule is NC(C(=O)O)c1cccc2cc(Cl)ccc12. The summed E-state index contributed by atoms with van der Waals surface area (Å²) >= 11 is 5.87. The molecule has 1 unspecified atom stereocenters. The molecular formula is C12H10ClNO2. The van der Waals surface area contributed by atoms with E-state index in [2.05, 4.69) is 0 Å². The van der Waals surface area contributed by atoms with Gasteiger partial charge in [-0.2, -0.15) is 0 Å². The van der Waals surface area contributed by atoms with Crippen LogP contribution in [0.3, 0.4) is 0 Å². The zero-order valence-electron chi connectivity index (χ0n) is 8.35. The van der Waals surface area contributed by atoms with Crippen LogP contribution in [-0.2, 0) is 4.79 Å². The number of carbonyl (C=O) groups is 1. The molecule has 4 heteroatoms. The van der Waals surface area contributed by atoms with Gasteiger partial charge >= 0.3 is 5.97 Å². The van der Waals surface area contributed by atoms with Gasteiger partial charge in [0.15, 0.2) is 0 Å². The van der Waals surface area contributed by atoms with E-state index >= 15 is 0 Å². The van der Waals surface area contributed by atoms with Crippen molar-refractivity contribution in [2.24, 2.45) is 5.73 Å². The standard InChI is InChI=1S/C12H10ClNO2/c13-8-4-5-9-7(6-8)2-1-3-10(9)11(14)12(15)16/h1-6,11H,14H2,(H,15,16). The molecule has 0 bridgehead atoms. The summed E-state index contributed by atoms with van der Waals surface area (Å²) in [6.45, 7) is 0. The average molecular weight is 236 g/mol. The number of hydrogen-bond donors (Lipinski definition) is 2. The Morgan fingerprint density at radius 3 is 2.75 bits per heavy atom. The van der Waals surface area contributed by atoms with Gasteiger partial charge in [-0.25, -0.2) is 0 Å². The van der Waals surface area contributed by atoms with E-state index in [1.54, 1.807) is 30.3 Å². The van der Waals surface area contributed by atoms with Crippen molar-refractivity contribution in [2.75, 3.05) is 0 Å². The largest absolute Gasteiger partial charge is 0.480 e. The molecule has 1 atom stereocenters. The summed E-state index contributed by atoms with van der Waals surface area (Å²) in [5, 5.41) is 11.2. The smallest absolute Gasteiger partial charge is 0.325 e. The minimum Gasteiger partial charge on any atom is -0.480 e. The molecule has 3 N–H and O–H groups in total. The third-order valence-corrected chi connectivity index (χ3v) is 2.71. The van der Waals surface area contributed by atoms with Gasteiger partial charge in [-0.15, -0.1) is 0 Å². The van der Waals surface area contributed by atoms with Crippen LogP contribution < -0.4 is 5.73 Å². The van der Waals surface area contributed by atoms with Crippen molar-refractivity contribution in [3.63, 3.8) is 0 Å². The van der Waals surface area contributed by atoms with Crippen molar-refractivity contribution in [1.29, 1.82) is 0 Å². The molecule has 0 radical (unpaired) electrons. The van der Waals surface area contributed by atoms with Crippen LogP contribution in [0.25, 0.3) is 10.8 Å². The van der Waals surface area contributed by atoms with Crippen LogP contribution in [0.2, 0.25) is 5.02 Å². The zero-order chi connectivity index (χ0) is 11.7. The molecule has 16 heavy (non-hydrogen) atoms. The Bertz CT molecular complexity index is 554. The van der Waals surface area contributed by atoms with Gasteiger partial charge in [0.1, 0.15) is 6.04 Å². The van der Waals surface area contributed by atoms with Crippen LogP contribution in [0.4, 0.5) is 0 Å². The van der Waals surface area contributed by atoms with Crippen molar-refractivity contribution < 1.29 is 9.90 Å². The van der Waals surface area contributed by atoms with Gasteiger partial charge in [0.25, 0.3) is 0 Å². The first-order valence-corrected chi connectivity index (χ1v) is 5.14. The van der Waals surface area contributed by atoms with E-state index in [4.69, 9.17) is 22.4 Å². The molecule has 3 nitrogen and oxygen atoms in total. The highest BCUT2D eigenvalue weighted by molar-refractivity contribution is 6.31. The highest BCUT2D eigenvalue weighted by Crippen LogP contribution is 2.25. The van der Waals surface area contributed by atoms with Crippen LogP contribution in [-0.4, -0.2) is 11.1 Å². The van der Waals surface area contributed by atoms with Crippen LogP contribution in [0.5, 0.6) is 0 Å². The lowest BCUT2D eigenvalue weighted by atomic mass is 9.99. The van der Waals surface area contributed by atoms with E-state index in [1.807, 2.05) is 6.07 Å². The Morgan fingerprint density at radius 2 is 2.06 bits per heavy atom. The van der Waals surface area contributed by atoms with Crippen LogP contribution >= 0.6 is 11.6 Å². The first-order valence-electron chi connectivity index (χ1n) is 4.76. The Balaban J connectivity index is 2.66. The van der Waals surface area contributed by atoms with Crippen LogP contribution in [0.1, 0.15) is 11.6 Å². The molecule has 2 aromatic rings. The minimum absolute atomic E-state index is 0.599. The van der Waals surface area contributed by atoms with Gasteiger partial charge in [-0.3, -0.25) is 4.79 Å². The van der Waals surface area contributed by atoms with Crippen molar-refractivity contribution >= 4 is 28.3 Å². The van der Waals surface area contributed by atoms with Gasteiger partial charge in [0.05, 0.1) is 0 Å². The molecule has 0 aliphatic carbocycles. The number of rotatable bonds is 2. The second kappa shape index (κ2) is 4.12. The second-order valence-corrected chi connectivity index (χ2v) is 3.97. The Labute approximate surface area is 97.4 Å². The number of benzene rings is 2. The fourth-order valence-corrected chi connectivity index (χ4v) is 1.86. The Hall–Kier alpha value is -1.58. The summed E-state index contributed by atoms with van der Waals surface area (Å²) in [6, 6.07) is 9.66. The molecule has 0 saturated carbocycles. The lowest BCUT2D eigenvalue weighted by Gasteiger charge is -2.10. The summed E-state index contributed by atoms with van der Waals surface area (Å²) in [7, 11) is 0. The Morgan fingerprint density at radius 1 is 1.31 bits per heavy atom. The summed E-state index contributed by atoms with van der Waals surface area (Å²) < 4.78 is 0. The van der Waals surface area contributed by atoms with E-state index in [0.717, 1.165) is 10.8 Å². The molecule has 0 heterocycles. The van der Waals surface area contributed by atoms with E-state index in [9.17, 15) is 4.79 Å². The topological polar surface area (TPSA) is 63.3 Å². The normalized spacial score (nSPS) is 12.6. The van der Waals surface area contributed by atoms with Crippen molar-refractivity contribution in [2.45, 2.75) is 6.04 Å². The van der Waals surface area contributed by atoms with E-state index in [1.165, 1.54) is 0 Å². The number of fused-ring (bicyclic) bond motifs is 1. The maximum Gasteiger partial charge on any atom is 0.325 e. The molecule has 2 aromatic carbocycles. The summed E-state index contributed by atoms with van der Waals surface area (Å²) in [5.41, 5.74) is 6.21. The summed E-state index contributed by atoms with van der Waals surface area (Å²) in [5.74, 6) is -1.04. The highest BCUT2D eigenvalue weighted by atomic mass is 35.5. The molecule has 0 amide bonds. The lowest BCUT2D eigenvalue weighted by Crippen LogP contribution is -2.20. The maximum atomic E-state index is 10.9. The van der Waals surface area contributed by atoms with Gasteiger partial charge in [0, 0.05) is 5.02 Å². The van der Waals surface area contributed by atoms with Crippen molar-refractivity contribution in [3.8, 4) is 0 Å². The minimum atomic E-state index is -1.04. The molecule has 0 aliphatic heterocycles. The maximum absolute atomic E-state index is 10.9. The fourth-order valence-electron chi connectivity index (χ4n) is 1.68. The molecular weight excluding hydrogens is 226 g/mol. The third kappa shape index (κ3) is 1.87. The number of halogens is 1. The third-order valence-electron chi connectivity index (χ3n) is 2.48. The van der Waals surface area contributed by atoms with Gasteiger partial charge in [0.2, 0.25) is 0 Å². The average Bonchev–Trinajstić information content (AvgIpc) is 2.26. The van der Waals surface area contributed by atoms with Crippen LogP contribution in [0, 0.1) is 0 Å². The molecule has 82 valence electrons. The molecule has 0 spiro atoms. The van der Waals surface area contributed by atoms with Crippen molar-refractivity contribution in [1.82, 2.24) is 0 Å². The monoisotopic (exact) mass is 235 g/mol. The van der Waals surface area contributed by atoms with E-state index in [-0.39, 0.29) is 0 Å². The predicted octanol–water partition coefficient (Wildman–Crippen LogP) is 2.58. The van der Waals surface area contributed by atoms with E-state index in [0.29, 0.717) is 10.6 Å². The first kappa shape index (κ1) is 10.9. The molecule has 0 aliphatic rings. The first-order chi connectivity index (χ1) is 7.59. The van der Waals surface area contributed by atoms with Gasteiger partial charge < -0.3 is 10.8 Å². The quantitative estimate of drug-likeness (QED) is 0.841. The summed E-state index contributed by atoms with van der Waals surface area (Å²) in [4.78, 5) is 10.9. The Kier molecular flexibility index (Phi) is 2.81. The summed E-state index contributed by atoms with van der Waals surface area (Å²) in [6.07, 6.45) is 0.